The molecular formula is C22H29N3O3S. The fourth-order valence-electron chi connectivity index (χ4n) is 3.98. The van der Waals surface area contributed by atoms with E-state index in [-0.39, 0.29) is 18.1 Å². The standard InChI is InChI=1S/C22H29N3O3S/c1-3-23-22(26)25-14-8-13-20(24-29(2,27)28)21(25)16-17-9-7-12-19(15-17)18-10-5-4-6-11-18/h4-7,9-12,15,20-21,24H,3,8,13-14,16H2,1-2H3,(H,23,26)/t20-,21+/m0/s1. The molecule has 7 heteroatoms. The lowest BCUT2D eigenvalue weighted by Gasteiger charge is -2.41. The van der Waals surface area contributed by atoms with Crippen LogP contribution in [-0.2, 0) is 16.4 Å². The zero-order chi connectivity index (χ0) is 20.9. The predicted octanol–water partition coefficient (Wildman–Crippen LogP) is 3.01. The van der Waals surface area contributed by atoms with Gasteiger partial charge in [-0.2, -0.15) is 0 Å². The van der Waals surface area contributed by atoms with E-state index in [2.05, 4.69) is 34.3 Å². The molecule has 156 valence electrons. The Hall–Kier alpha value is -2.38. The summed E-state index contributed by atoms with van der Waals surface area (Å²) in [6.45, 7) is 3.04. The molecule has 0 radical (unpaired) electrons. The van der Waals surface area contributed by atoms with Gasteiger partial charge in [0.05, 0.1) is 12.3 Å². The van der Waals surface area contributed by atoms with Crippen LogP contribution in [0, 0.1) is 0 Å². The van der Waals surface area contributed by atoms with Gasteiger partial charge in [0, 0.05) is 19.1 Å². The van der Waals surface area contributed by atoms with E-state index in [1.165, 1.54) is 6.26 Å². The average molecular weight is 416 g/mol. The average Bonchev–Trinajstić information content (AvgIpc) is 2.69. The van der Waals surface area contributed by atoms with Crippen molar-refractivity contribution in [2.75, 3.05) is 19.3 Å². The number of piperidine rings is 1. The minimum atomic E-state index is -3.37. The summed E-state index contributed by atoms with van der Waals surface area (Å²) in [6.07, 6.45) is 3.24. The zero-order valence-electron chi connectivity index (χ0n) is 17.0. The van der Waals surface area contributed by atoms with Crippen molar-refractivity contribution in [1.29, 1.82) is 0 Å². The first kappa shape index (κ1) is 21.3. The Morgan fingerprint density at radius 3 is 2.52 bits per heavy atom. The van der Waals surface area contributed by atoms with Crippen LogP contribution >= 0.6 is 0 Å². The quantitative estimate of drug-likeness (QED) is 0.761. The highest BCUT2D eigenvalue weighted by atomic mass is 32.2. The second-order valence-corrected chi connectivity index (χ2v) is 9.29. The van der Waals surface area contributed by atoms with Gasteiger partial charge in [-0.3, -0.25) is 0 Å². The lowest BCUT2D eigenvalue weighted by Crippen LogP contribution is -2.59. The van der Waals surface area contributed by atoms with Gasteiger partial charge >= 0.3 is 6.03 Å². The number of carbonyl (C=O) groups is 1. The molecule has 0 aliphatic carbocycles. The maximum absolute atomic E-state index is 12.6. The minimum absolute atomic E-state index is 0.142. The van der Waals surface area contributed by atoms with E-state index in [1.54, 1.807) is 4.90 Å². The maximum Gasteiger partial charge on any atom is 0.317 e. The van der Waals surface area contributed by atoms with Crippen LogP contribution in [-0.4, -0.2) is 50.8 Å². The van der Waals surface area contributed by atoms with Crippen molar-refractivity contribution < 1.29 is 13.2 Å². The van der Waals surface area contributed by atoms with E-state index in [4.69, 9.17) is 0 Å². The fourth-order valence-corrected chi connectivity index (χ4v) is 4.80. The molecular weight excluding hydrogens is 386 g/mol. The normalized spacial score (nSPS) is 19.7. The molecule has 0 unspecified atom stereocenters. The molecule has 29 heavy (non-hydrogen) atoms. The summed E-state index contributed by atoms with van der Waals surface area (Å²) in [5.74, 6) is 0. The molecule has 3 rings (SSSR count). The highest BCUT2D eigenvalue weighted by molar-refractivity contribution is 7.88. The Balaban J connectivity index is 1.89. The second kappa shape index (κ2) is 9.41. The lowest BCUT2D eigenvalue weighted by molar-refractivity contribution is 0.134. The first-order valence-electron chi connectivity index (χ1n) is 10.0. The van der Waals surface area contributed by atoms with Gasteiger partial charge in [0.2, 0.25) is 10.0 Å². The van der Waals surface area contributed by atoms with Crippen LogP contribution in [0.2, 0.25) is 0 Å². The van der Waals surface area contributed by atoms with Crippen molar-refractivity contribution in [1.82, 2.24) is 14.9 Å². The van der Waals surface area contributed by atoms with Gasteiger partial charge in [-0.25, -0.2) is 17.9 Å². The van der Waals surface area contributed by atoms with Crippen molar-refractivity contribution in [2.45, 2.75) is 38.3 Å². The molecule has 2 atom stereocenters. The fraction of sp³-hybridized carbons (Fsp3) is 0.409. The van der Waals surface area contributed by atoms with E-state index in [0.717, 1.165) is 23.1 Å². The Labute approximate surface area is 173 Å². The Morgan fingerprint density at radius 2 is 1.83 bits per heavy atom. The Kier molecular flexibility index (Phi) is 6.92. The van der Waals surface area contributed by atoms with Crippen molar-refractivity contribution in [2.24, 2.45) is 0 Å². The van der Waals surface area contributed by atoms with Gasteiger partial charge in [-0.05, 0) is 42.9 Å². The third-order valence-corrected chi connectivity index (χ3v) is 5.94. The molecule has 0 bridgehead atoms. The van der Waals surface area contributed by atoms with Crippen LogP contribution in [0.1, 0.15) is 25.3 Å². The number of rotatable bonds is 6. The summed E-state index contributed by atoms with van der Waals surface area (Å²) in [4.78, 5) is 14.4. The molecule has 0 spiro atoms. The molecule has 0 aromatic heterocycles. The number of nitrogens with zero attached hydrogens (tertiary/aromatic N) is 1. The molecule has 1 heterocycles. The van der Waals surface area contributed by atoms with Crippen LogP contribution in [0.5, 0.6) is 0 Å². The molecule has 1 saturated heterocycles. The third-order valence-electron chi connectivity index (χ3n) is 5.21. The van der Waals surface area contributed by atoms with Crippen LogP contribution in [0.25, 0.3) is 11.1 Å². The number of hydrogen-bond donors (Lipinski definition) is 2. The molecule has 1 aliphatic rings. The predicted molar refractivity (Wildman–Crippen MR) is 116 cm³/mol. The van der Waals surface area contributed by atoms with E-state index in [1.807, 2.05) is 37.3 Å². The number of carbonyl (C=O) groups excluding carboxylic acids is 1. The first-order valence-corrected chi connectivity index (χ1v) is 11.9. The van der Waals surface area contributed by atoms with Crippen molar-refractivity contribution >= 4 is 16.1 Å². The van der Waals surface area contributed by atoms with Crippen molar-refractivity contribution in [3.8, 4) is 11.1 Å². The SMILES string of the molecule is CCNC(=O)N1CCC[C@H](NS(C)(=O)=O)[C@H]1Cc1cccc(-c2ccccc2)c1. The zero-order valence-corrected chi connectivity index (χ0v) is 17.8. The van der Waals surface area contributed by atoms with E-state index in [0.29, 0.717) is 25.9 Å². The number of urea groups is 1. The summed E-state index contributed by atoms with van der Waals surface area (Å²) in [5.41, 5.74) is 3.31. The Bertz CT molecular complexity index is 931. The van der Waals surface area contributed by atoms with Crippen LogP contribution in [0.4, 0.5) is 4.79 Å². The highest BCUT2D eigenvalue weighted by Crippen LogP contribution is 2.25. The topological polar surface area (TPSA) is 78.5 Å². The summed E-state index contributed by atoms with van der Waals surface area (Å²) >= 11 is 0. The second-order valence-electron chi connectivity index (χ2n) is 7.51. The van der Waals surface area contributed by atoms with Gasteiger partial charge in [0.15, 0.2) is 0 Å². The van der Waals surface area contributed by atoms with Crippen LogP contribution in [0.15, 0.2) is 54.6 Å². The lowest BCUT2D eigenvalue weighted by atomic mass is 9.90. The van der Waals surface area contributed by atoms with E-state index in [9.17, 15) is 13.2 Å². The van der Waals surface area contributed by atoms with Crippen LogP contribution in [0.3, 0.4) is 0 Å². The van der Waals surface area contributed by atoms with E-state index < -0.39 is 10.0 Å². The van der Waals surface area contributed by atoms with E-state index >= 15 is 0 Å². The number of sulfonamides is 1. The Morgan fingerprint density at radius 1 is 1.10 bits per heavy atom. The number of nitrogens with one attached hydrogen (secondary N) is 2. The van der Waals surface area contributed by atoms with Gasteiger partial charge in [0.1, 0.15) is 0 Å². The third kappa shape index (κ3) is 5.81. The number of benzene rings is 2. The monoisotopic (exact) mass is 415 g/mol. The molecule has 6 nitrogen and oxygen atoms in total. The van der Waals surface area contributed by atoms with Crippen molar-refractivity contribution in [3.05, 3.63) is 60.2 Å². The molecule has 2 aromatic rings. The highest BCUT2D eigenvalue weighted by Gasteiger charge is 2.35. The van der Waals surface area contributed by atoms with Gasteiger partial charge < -0.3 is 10.2 Å². The number of likely N-dealkylation sites (tertiary alicyclic amines) is 1. The molecule has 2 aromatic carbocycles. The minimum Gasteiger partial charge on any atom is -0.338 e. The number of amides is 2. The molecule has 1 fully saturated rings. The van der Waals surface area contributed by atoms with Gasteiger partial charge in [-0.15, -0.1) is 0 Å². The smallest absolute Gasteiger partial charge is 0.317 e. The largest absolute Gasteiger partial charge is 0.338 e. The maximum atomic E-state index is 12.6. The molecule has 2 N–H and O–H groups in total. The summed E-state index contributed by atoms with van der Waals surface area (Å²) in [7, 11) is -3.37. The summed E-state index contributed by atoms with van der Waals surface area (Å²) in [6, 6.07) is 17.7. The molecule has 0 saturated carbocycles. The molecule has 2 amide bonds. The van der Waals surface area contributed by atoms with Gasteiger partial charge in [-0.1, -0.05) is 54.6 Å². The summed E-state index contributed by atoms with van der Waals surface area (Å²) in [5, 5.41) is 2.86. The van der Waals surface area contributed by atoms with Crippen molar-refractivity contribution in [3.63, 3.8) is 0 Å². The first-order chi connectivity index (χ1) is 13.9. The number of hydrogen-bond acceptors (Lipinski definition) is 3. The summed E-state index contributed by atoms with van der Waals surface area (Å²) < 4.78 is 26.6. The van der Waals surface area contributed by atoms with Gasteiger partial charge in [0.25, 0.3) is 0 Å². The van der Waals surface area contributed by atoms with Crippen LogP contribution < -0.4 is 10.0 Å². The molecule has 1 aliphatic heterocycles.